The average molecular weight is 522 g/mol. The third kappa shape index (κ3) is 4.60. The molecule has 4 heterocycles. The minimum Gasteiger partial charge on any atom is -0.477 e. The van der Waals surface area contributed by atoms with Crippen molar-refractivity contribution in [2.75, 3.05) is 11.5 Å². The zero-order chi connectivity index (χ0) is 24.4. The minimum absolute atomic E-state index is 0.0667. The van der Waals surface area contributed by atoms with Crippen LogP contribution in [0.3, 0.4) is 0 Å². The maximum atomic E-state index is 12.8. The highest BCUT2D eigenvalue weighted by Crippen LogP contribution is 2.41. The second-order valence-corrected chi connectivity index (χ2v) is 10.4. The van der Waals surface area contributed by atoms with Crippen molar-refractivity contribution in [3.8, 4) is 0 Å². The first-order chi connectivity index (χ1) is 16.3. The van der Waals surface area contributed by atoms with E-state index >= 15 is 0 Å². The number of carbonyl (C=O) groups excluding carboxylic acids is 2. The summed E-state index contributed by atoms with van der Waals surface area (Å²) in [5.74, 6) is -1.59. The first-order valence-electron chi connectivity index (χ1n) is 9.96. The van der Waals surface area contributed by atoms with E-state index in [1.165, 1.54) is 34.1 Å². The summed E-state index contributed by atoms with van der Waals surface area (Å²) >= 11 is 3.87. The van der Waals surface area contributed by atoms with E-state index < -0.39 is 34.4 Å². The van der Waals surface area contributed by atoms with Gasteiger partial charge in [-0.3, -0.25) is 28.6 Å². The lowest BCUT2D eigenvalue weighted by Gasteiger charge is -2.49. The van der Waals surface area contributed by atoms with E-state index in [2.05, 4.69) is 22.1 Å². The van der Waals surface area contributed by atoms with Gasteiger partial charge < -0.3 is 10.4 Å². The standard InChI is InChI=1S/C20H19N5O6S3/c1-2-5-24-17(29)15(27)22-23-20(24)34-9-10-8-33-18-13(16(28)25(18)14(10)19(30)31)21-12(26)7-11-4-3-6-32-11/h2-4,6,13,18H,1,5,7-9H2,(H,21,26)(H,22,27)(H,30,31)/t13-,18-/m1/s1. The minimum atomic E-state index is -1.25. The smallest absolute Gasteiger partial charge is 0.352 e. The number of hydrogen-bond donors (Lipinski definition) is 3. The Kier molecular flexibility index (Phi) is 7.09. The highest BCUT2D eigenvalue weighted by atomic mass is 32.2. The predicted octanol–water partition coefficient (Wildman–Crippen LogP) is 0.253. The molecule has 178 valence electrons. The number of carbonyl (C=O) groups is 3. The Hall–Kier alpha value is -3.10. The predicted molar refractivity (Wildman–Crippen MR) is 128 cm³/mol. The van der Waals surface area contributed by atoms with E-state index in [0.29, 0.717) is 11.3 Å². The molecule has 0 bridgehead atoms. The number of carboxylic acid groups (broad SMARTS) is 1. The first-order valence-corrected chi connectivity index (χ1v) is 12.9. The van der Waals surface area contributed by atoms with Gasteiger partial charge in [0.05, 0.1) is 6.42 Å². The second kappa shape index (κ2) is 10.0. The SMILES string of the molecule is C=CCn1c(SCC2=C(C(=O)O)N3C(=O)[C@@H](NC(=O)Cc4cccs4)[C@H]3SC2)n[nH]c(=O)c1=O. The van der Waals surface area contributed by atoms with E-state index in [1.54, 1.807) is 0 Å². The van der Waals surface area contributed by atoms with Crippen molar-refractivity contribution in [1.82, 2.24) is 25.0 Å². The summed E-state index contributed by atoms with van der Waals surface area (Å²) in [6.45, 7) is 3.63. The number of nitrogens with zero attached hydrogens (tertiary/aromatic N) is 3. The van der Waals surface area contributed by atoms with Crippen molar-refractivity contribution in [2.24, 2.45) is 0 Å². The van der Waals surface area contributed by atoms with Gasteiger partial charge >= 0.3 is 17.1 Å². The van der Waals surface area contributed by atoms with Gasteiger partial charge in [-0.05, 0) is 17.0 Å². The molecule has 11 nitrogen and oxygen atoms in total. The Morgan fingerprint density at radius 2 is 2.18 bits per heavy atom. The molecule has 0 spiro atoms. The number of carboxylic acids is 1. The Bertz CT molecular complexity index is 1300. The third-order valence-corrected chi connectivity index (χ3v) is 8.37. The Balaban J connectivity index is 1.49. The quantitative estimate of drug-likeness (QED) is 0.182. The van der Waals surface area contributed by atoms with E-state index in [4.69, 9.17) is 0 Å². The van der Waals surface area contributed by atoms with Crippen molar-refractivity contribution in [3.63, 3.8) is 0 Å². The number of aromatic amines is 1. The lowest BCUT2D eigenvalue weighted by molar-refractivity contribution is -0.150. The topological polar surface area (TPSA) is 154 Å². The Morgan fingerprint density at radius 3 is 2.85 bits per heavy atom. The molecule has 0 radical (unpaired) electrons. The molecule has 0 aromatic carbocycles. The van der Waals surface area contributed by atoms with Crippen molar-refractivity contribution in [1.29, 1.82) is 0 Å². The molecule has 2 aliphatic rings. The van der Waals surface area contributed by atoms with E-state index in [9.17, 15) is 29.1 Å². The molecular weight excluding hydrogens is 502 g/mol. The molecule has 14 heteroatoms. The number of aromatic nitrogens is 3. The summed E-state index contributed by atoms with van der Waals surface area (Å²) in [4.78, 5) is 62.9. The lowest BCUT2D eigenvalue weighted by Crippen LogP contribution is -2.70. The zero-order valence-electron chi connectivity index (χ0n) is 17.6. The second-order valence-electron chi connectivity index (χ2n) is 7.30. The van der Waals surface area contributed by atoms with E-state index in [-0.39, 0.29) is 35.5 Å². The van der Waals surface area contributed by atoms with Crippen LogP contribution in [0.4, 0.5) is 0 Å². The number of aliphatic carboxylic acids is 1. The van der Waals surface area contributed by atoms with E-state index in [1.807, 2.05) is 17.5 Å². The normalized spacial score (nSPS) is 19.4. The number of nitrogens with one attached hydrogen (secondary N) is 2. The van der Waals surface area contributed by atoms with Crippen LogP contribution in [-0.2, 0) is 27.3 Å². The van der Waals surface area contributed by atoms with E-state index in [0.717, 1.165) is 21.2 Å². The summed E-state index contributed by atoms with van der Waals surface area (Å²) < 4.78 is 1.14. The molecule has 2 atom stereocenters. The van der Waals surface area contributed by atoms with Gasteiger partial charge in [-0.1, -0.05) is 23.9 Å². The molecule has 2 amide bonds. The number of thiophene rings is 1. The number of thioether (sulfide) groups is 2. The van der Waals surface area contributed by atoms with Gasteiger partial charge in [0.2, 0.25) is 5.91 Å². The molecule has 2 aromatic rings. The summed E-state index contributed by atoms with van der Waals surface area (Å²) in [5, 5.41) is 20.1. The van der Waals surface area contributed by atoms with Gasteiger partial charge in [0.15, 0.2) is 5.16 Å². The maximum Gasteiger partial charge on any atom is 0.352 e. The summed E-state index contributed by atoms with van der Waals surface area (Å²) in [5.41, 5.74) is -1.32. The van der Waals surface area contributed by atoms with Crippen LogP contribution in [0.1, 0.15) is 4.88 Å². The highest BCUT2D eigenvalue weighted by Gasteiger charge is 2.54. The van der Waals surface area contributed by atoms with Crippen LogP contribution in [0, 0.1) is 0 Å². The molecule has 1 saturated heterocycles. The fraction of sp³-hybridized carbons (Fsp3) is 0.300. The lowest BCUT2D eigenvalue weighted by atomic mass is 10.0. The Labute approximate surface area is 204 Å². The summed E-state index contributed by atoms with van der Waals surface area (Å²) in [6.07, 6.45) is 1.60. The number of fused-ring (bicyclic) bond motifs is 1. The number of allylic oxidation sites excluding steroid dienone is 1. The van der Waals surface area contributed by atoms with Gasteiger partial charge in [0.25, 0.3) is 5.91 Å². The maximum absolute atomic E-state index is 12.8. The number of rotatable bonds is 9. The molecule has 0 unspecified atom stereocenters. The molecule has 4 rings (SSSR count). The largest absolute Gasteiger partial charge is 0.477 e. The number of β-lactam (4-membered cyclic amide) rings is 1. The van der Waals surface area contributed by atoms with Crippen molar-refractivity contribution in [3.05, 3.63) is 67.0 Å². The fourth-order valence-electron chi connectivity index (χ4n) is 3.56. The number of H-pyrrole nitrogens is 1. The van der Waals surface area contributed by atoms with Crippen LogP contribution < -0.4 is 16.4 Å². The third-order valence-electron chi connectivity index (χ3n) is 5.09. The first kappa shape index (κ1) is 24.0. The Morgan fingerprint density at radius 1 is 1.38 bits per heavy atom. The van der Waals surface area contributed by atoms with Gasteiger partial charge in [0, 0.05) is 22.9 Å². The molecule has 1 fully saturated rings. The van der Waals surface area contributed by atoms with Gasteiger partial charge in [-0.15, -0.1) is 34.8 Å². The molecule has 3 N–H and O–H groups in total. The van der Waals surface area contributed by atoms with Gasteiger partial charge in [-0.2, -0.15) is 0 Å². The summed E-state index contributed by atoms with van der Waals surface area (Å²) in [6, 6.07) is 2.87. The van der Waals surface area contributed by atoms with Crippen molar-refractivity contribution >= 4 is 52.6 Å². The fourth-order valence-corrected chi connectivity index (χ4v) is 6.70. The van der Waals surface area contributed by atoms with Crippen LogP contribution >= 0.6 is 34.9 Å². The molecule has 2 aliphatic heterocycles. The van der Waals surface area contributed by atoms with Crippen LogP contribution in [-0.4, -0.2) is 65.5 Å². The number of amides is 2. The molecular formula is C20H19N5O6S3. The van der Waals surface area contributed by atoms with Crippen LogP contribution in [0.25, 0.3) is 0 Å². The van der Waals surface area contributed by atoms with Crippen LogP contribution in [0.5, 0.6) is 0 Å². The molecule has 0 saturated carbocycles. The molecule has 0 aliphatic carbocycles. The summed E-state index contributed by atoms with van der Waals surface area (Å²) in [7, 11) is 0. The van der Waals surface area contributed by atoms with Crippen LogP contribution in [0.15, 0.2) is 56.2 Å². The van der Waals surface area contributed by atoms with Gasteiger partial charge in [0.1, 0.15) is 17.1 Å². The highest BCUT2D eigenvalue weighted by molar-refractivity contribution is 8.01. The average Bonchev–Trinajstić information content (AvgIpc) is 3.32. The zero-order valence-corrected chi connectivity index (χ0v) is 20.0. The van der Waals surface area contributed by atoms with Crippen LogP contribution in [0.2, 0.25) is 0 Å². The monoisotopic (exact) mass is 521 g/mol. The van der Waals surface area contributed by atoms with Crippen molar-refractivity contribution in [2.45, 2.75) is 29.5 Å². The van der Waals surface area contributed by atoms with Crippen molar-refractivity contribution < 1.29 is 19.5 Å². The van der Waals surface area contributed by atoms with Gasteiger partial charge in [-0.25, -0.2) is 9.89 Å². The molecule has 2 aromatic heterocycles. The number of hydrogen-bond acceptors (Lipinski definition) is 9. The molecule has 34 heavy (non-hydrogen) atoms.